The molecule has 20 heavy (non-hydrogen) atoms. The highest BCUT2D eigenvalue weighted by molar-refractivity contribution is 7.91. The Morgan fingerprint density at radius 1 is 1.30 bits per heavy atom. The Balaban J connectivity index is 2.47. The summed E-state index contributed by atoms with van der Waals surface area (Å²) in [6.07, 6.45) is -0.0447. The van der Waals surface area contributed by atoms with Crippen molar-refractivity contribution in [3.63, 3.8) is 0 Å². The van der Waals surface area contributed by atoms with Crippen LogP contribution >= 0.6 is 0 Å². The molecule has 2 rings (SSSR count). The van der Waals surface area contributed by atoms with Gasteiger partial charge in [-0.1, -0.05) is 30.3 Å². The number of rotatable bonds is 3. The molecule has 110 valence electrons. The first kappa shape index (κ1) is 15.0. The zero-order chi connectivity index (χ0) is 14.9. The second-order valence-electron chi connectivity index (χ2n) is 4.75. The molecule has 1 fully saturated rings. The Morgan fingerprint density at radius 3 is 2.40 bits per heavy atom. The molecule has 0 N–H and O–H groups in total. The first-order chi connectivity index (χ1) is 9.36. The molecule has 1 heterocycles. The summed E-state index contributed by atoms with van der Waals surface area (Å²) in [6.45, 7) is 0. The van der Waals surface area contributed by atoms with Crippen molar-refractivity contribution in [2.45, 2.75) is 17.4 Å². The second-order valence-corrected chi connectivity index (χ2v) is 6.95. The number of esters is 1. The van der Waals surface area contributed by atoms with Crippen LogP contribution in [0.5, 0.6) is 0 Å². The van der Waals surface area contributed by atoms with Crippen LogP contribution in [-0.4, -0.2) is 51.2 Å². The fourth-order valence-corrected chi connectivity index (χ4v) is 3.89. The van der Waals surface area contributed by atoms with Gasteiger partial charge in [-0.05, 0) is 5.56 Å². The van der Waals surface area contributed by atoms with Crippen LogP contribution in [0, 0.1) is 0 Å². The molecule has 1 saturated heterocycles. The van der Waals surface area contributed by atoms with E-state index in [1.807, 2.05) is 30.3 Å². The third-order valence-electron chi connectivity index (χ3n) is 3.35. The Morgan fingerprint density at radius 2 is 1.90 bits per heavy atom. The minimum atomic E-state index is -3.50. The third kappa shape index (κ3) is 2.70. The second kappa shape index (κ2) is 5.51. The van der Waals surface area contributed by atoms with Gasteiger partial charge in [0.05, 0.1) is 13.2 Å². The molecule has 1 aliphatic rings. The Kier molecular flexibility index (Phi) is 4.12. The van der Waals surface area contributed by atoms with Crippen molar-refractivity contribution in [2.75, 3.05) is 20.4 Å². The summed E-state index contributed by atoms with van der Waals surface area (Å²) in [4.78, 5) is 17.2. The number of carbonyl (C=O) groups excluding carboxylic acids is 1. The van der Waals surface area contributed by atoms with Gasteiger partial charge in [0.2, 0.25) is 0 Å². The molecule has 1 aromatic carbocycles. The summed E-state index contributed by atoms with van der Waals surface area (Å²) >= 11 is 0. The fraction of sp³-hybridized carbons (Fsp3) is 0.462. The standard InChI is InChI=1S/C13H17NO5S/c1-14-10(9-7-5-4-6-8-9)12(20(3,16)17)11(19-14)13(15)18-2/h4-8,10-12H,1-3H3/t10?,11-,12-/m0/s1. The Labute approximate surface area is 118 Å². The molecule has 7 heteroatoms. The number of hydroxylamine groups is 2. The summed E-state index contributed by atoms with van der Waals surface area (Å²) in [5.41, 5.74) is 0.775. The molecule has 0 amide bonds. The van der Waals surface area contributed by atoms with Crippen LogP contribution in [0.3, 0.4) is 0 Å². The van der Waals surface area contributed by atoms with E-state index in [0.717, 1.165) is 11.8 Å². The predicted molar refractivity (Wildman–Crippen MR) is 72.5 cm³/mol. The molecule has 0 radical (unpaired) electrons. The first-order valence-corrected chi connectivity index (χ1v) is 8.03. The number of sulfone groups is 1. The van der Waals surface area contributed by atoms with Gasteiger partial charge in [0.15, 0.2) is 15.9 Å². The van der Waals surface area contributed by atoms with Crippen LogP contribution in [-0.2, 0) is 24.2 Å². The zero-order valence-corrected chi connectivity index (χ0v) is 12.3. The molecule has 3 atom stereocenters. The highest BCUT2D eigenvalue weighted by atomic mass is 32.2. The molecule has 1 aliphatic heterocycles. The lowest BCUT2D eigenvalue weighted by Crippen LogP contribution is -2.39. The number of benzene rings is 1. The normalized spacial score (nSPS) is 27.4. The number of methoxy groups -OCH3 is 1. The van der Waals surface area contributed by atoms with Crippen molar-refractivity contribution < 1.29 is 22.8 Å². The average molecular weight is 299 g/mol. The number of ether oxygens (including phenoxy) is 1. The maximum Gasteiger partial charge on any atom is 0.338 e. The van der Waals surface area contributed by atoms with E-state index >= 15 is 0 Å². The molecule has 0 aliphatic carbocycles. The van der Waals surface area contributed by atoms with Crippen molar-refractivity contribution in [3.05, 3.63) is 35.9 Å². The monoisotopic (exact) mass is 299 g/mol. The van der Waals surface area contributed by atoms with E-state index in [0.29, 0.717) is 0 Å². The number of nitrogens with zero attached hydrogens (tertiary/aromatic N) is 1. The minimum Gasteiger partial charge on any atom is -0.467 e. The molecular weight excluding hydrogens is 282 g/mol. The summed E-state index contributed by atoms with van der Waals surface area (Å²) in [5.74, 6) is -0.689. The van der Waals surface area contributed by atoms with E-state index in [1.165, 1.54) is 12.2 Å². The van der Waals surface area contributed by atoms with E-state index in [9.17, 15) is 13.2 Å². The van der Waals surface area contributed by atoms with Crippen molar-refractivity contribution in [1.29, 1.82) is 0 Å². The topological polar surface area (TPSA) is 72.9 Å². The first-order valence-electron chi connectivity index (χ1n) is 6.07. The van der Waals surface area contributed by atoms with Gasteiger partial charge in [-0.25, -0.2) is 13.2 Å². The van der Waals surface area contributed by atoms with Crippen LogP contribution in [0.1, 0.15) is 11.6 Å². The average Bonchev–Trinajstić information content (AvgIpc) is 2.76. The number of carbonyl (C=O) groups is 1. The van der Waals surface area contributed by atoms with E-state index in [-0.39, 0.29) is 0 Å². The summed E-state index contributed by atoms with van der Waals surface area (Å²) in [6, 6.07) is 8.54. The zero-order valence-electron chi connectivity index (χ0n) is 11.5. The van der Waals surface area contributed by atoms with Gasteiger partial charge in [-0.15, -0.1) is 0 Å². The van der Waals surface area contributed by atoms with E-state index in [2.05, 4.69) is 4.74 Å². The molecule has 6 nitrogen and oxygen atoms in total. The number of hydrogen-bond acceptors (Lipinski definition) is 6. The summed E-state index contributed by atoms with van der Waals surface area (Å²) in [7, 11) is -0.685. The lowest BCUT2D eigenvalue weighted by Gasteiger charge is -2.21. The SMILES string of the molecule is COC(=O)[C@H]1ON(C)C(c2ccccc2)[C@@H]1S(C)(=O)=O. The van der Waals surface area contributed by atoms with Gasteiger partial charge in [0.25, 0.3) is 0 Å². The molecule has 1 aromatic rings. The molecule has 0 saturated carbocycles. The van der Waals surface area contributed by atoms with Gasteiger partial charge >= 0.3 is 5.97 Å². The molecule has 0 bridgehead atoms. The van der Waals surface area contributed by atoms with Crippen molar-refractivity contribution in [2.24, 2.45) is 0 Å². The van der Waals surface area contributed by atoms with Gasteiger partial charge in [0, 0.05) is 13.3 Å². The van der Waals surface area contributed by atoms with E-state index < -0.39 is 33.2 Å². The van der Waals surface area contributed by atoms with Crippen molar-refractivity contribution in [3.8, 4) is 0 Å². The molecule has 1 unspecified atom stereocenters. The van der Waals surface area contributed by atoms with Gasteiger partial charge in [-0.3, -0.25) is 4.84 Å². The summed E-state index contributed by atoms with van der Waals surface area (Å²) in [5, 5.41) is 0.408. The van der Waals surface area contributed by atoms with Crippen LogP contribution in [0.25, 0.3) is 0 Å². The smallest absolute Gasteiger partial charge is 0.338 e. The van der Waals surface area contributed by atoms with E-state index in [4.69, 9.17) is 4.84 Å². The largest absolute Gasteiger partial charge is 0.467 e. The lowest BCUT2D eigenvalue weighted by molar-refractivity contribution is -0.179. The van der Waals surface area contributed by atoms with Crippen LogP contribution in [0.15, 0.2) is 30.3 Å². The van der Waals surface area contributed by atoms with Crippen LogP contribution < -0.4 is 0 Å². The van der Waals surface area contributed by atoms with Gasteiger partial charge in [-0.2, -0.15) is 5.06 Å². The molecular formula is C13H17NO5S. The summed E-state index contributed by atoms with van der Waals surface area (Å²) < 4.78 is 28.8. The van der Waals surface area contributed by atoms with Crippen LogP contribution in [0.2, 0.25) is 0 Å². The minimum absolute atomic E-state index is 0.546. The van der Waals surface area contributed by atoms with Crippen LogP contribution in [0.4, 0.5) is 0 Å². The quantitative estimate of drug-likeness (QED) is 0.759. The predicted octanol–water partition coefficient (Wildman–Crippen LogP) is 0.559. The number of hydrogen-bond donors (Lipinski definition) is 0. The highest BCUT2D eigenvalue weighted by Crippen LogP contribution is 2.37. The molecule has 0 aromatic heterocycles. The molecule has 0 spiro atoms. The van der Waals surface area contributed by atoms with E-state index in [1.54, 1.807) is 7.05 Å². The van der Waals surface area contributed by atoms with Gasteiger partial charge in [0.1, 0.15) is 5.25 Å². The van der Waals surface area contributed by atoms with Crippen molar-refractivity contribution >= 4 is 15.8 Å². The van der Waals surface area contributed by atoms with Gasteiger partial charge < -0.3 is 4.74 Å². The third-order valence-corrected chi connectivity index (χ3v) is 4.84. The highest BCUT2D eigenvalue weighted by Gasteiger charge is 2.52. The van der Waals surface area contributed by atoms with Crippen molar-refractivity contribution in [1.82, 2.24) is 5.06 Å². The fourth-order valence-electron chi connectivity index (χ4n) is 2.48. The lowest BCUT2D eigenvalue weighted by atomic mass is 10.0. The maximum absolute atomic E-state index is 12.1. The Hall–Kier alpha value is -1.44. The Bertz CT molecular complexity index is 586. The maximum atomic E-state index is 12.1.